The number of thioether (sulfide) groups is 2. The number of rotatable bonds is 8. The predicted molar refractivity (Wildman–Crippen MR) is 101 cm³/mol. The molecule has 5 nitrogen and oxygen atoms in total. The highest BCUT2D eigenvalue weighted by Gasteiger charge is 2.17. The summed E-state index contributed by atoms with van der Waals surface area (Å²) in [6.45, 7) is 5.48. The summed E-state index contributed by atoms with van der Waals surface area (Å²) in [4.78, 5) is 23.5. The summed E-state index contributed by atoms with van der Waals surface area (Å²) < 4.78 is 1.73. The van der Waals surface area contributed by atoms with Gasteiger partial charge in [-0.2, -0.15) is 0 Å². The SMILES string of the molecule is CCCSc1nnc(S[C@@H](C)C(=O)Nc2ccc(C(C)=O)cc2)s1. The van der Waals surface area contributed by atoms with Crippen molar-refractivity contribution in [2.45, 2.75) is 41.1 Å². The highest BCUT2D eigenvalue weighted by Crippen LogP contribution is 2.31. The topological polar surface area (TPSA) is 72.0 Å². The Morgan fingerprint density at radius 2 is 1.88 bits per heavy atom. The van der Waals surface area contributed by atoms with E-state index >= 15 is 0 Å². The summed E-state index contributed by atoms with van der Waals surface area (Å²) in [5, 5.41) is 10.8. The Bertz CT molecular complexity index is 701. The van der Waals surface area contributed by atoms with Crippen molar-refractivity contribution < 1.29 is 9.59 Å². The Labute approximate surface area is 154 Å². The molecule has 1 atom stereocenters. The van der Waals surface area contributed by atoms with E-state index in [0.29, 0.717) is 11.3 Å². The van der Waals surface area contributed by atoms with E-state index in [1.165, 1.54) is 30.0 Å². The predicted octanol–water partition coefficient (Wildman–Crippen LogP) is 4.36. The van der Waals surface area contributed by atoms with Crippen molar-refractivity contribution in [3.8, 4) is 0 Å². The summed E-state index contributed by atoms with van der Waals surface area (Å²) in [6.07, 6.45) is 1.09. The fraction of sp³-hybridized carbons (Fsp3) is 0.375. The summed E-state index contributed by atoms with van der Waals surface area (Å²) >= 11 is 4.60. The summed E-state index contributed by atoms with van der Waals surface area (Å²) in [5.74, 6) is 0.921. The van der Waals surface area contributed by atoms with Crippen molar-refractivity contribution in [2.24, 2.45) is 0 Å². The Balaban J connectivity index is 1.89. The maximum atomic E-state index is 12.3. The number of aromatic nitrogens is 2. The average molecular weight is 382 g/mol. The van der Waals surface area contributed by atoms with Gasteiger partial charge in [0.25, 0.3) is 0 Å². The van der Waals surface area contributed by atoms with Gasteiger partial charge in [-0.1, -0.05) is 41.8 Å². The van der Waals surface area contributed by atoms with E-state index in [9.17, 15) is 9.59 Å². The van der Waals surface area contributed by atoms with Crippen LogP contribution >= 0.6 is 34.9 Å². The third kappa shape index (κ3) is 5.61. The Morgan fingerprint density at radius 3 is 2.50 bits per heavy atom. The van der Waals surface area contributed by atoms with Crippen LogP contribution in [0.15, 0.2) is 32.9 Å². The molecule has 1 aromatic heterocycles. The summed E-state index contributed by atoms with van der Waals surface area (Å²) in [7, 11) is 0. The van der Waals surface area contributed by atoms with E-state index in [2.05, 4.69) is 22.4 Å². The monoisotopic (exact) mass is 381 g/mol. The van der Waals surface area contributed by atoms with Gasteiger partial charge >= 0.3 is 0 Å². The van der Waals surface area contributed by atoms with Gasteiger partial charge in [0, 0.05) is 17.0 Å². The molecule has 1 aromatic carbocycles. The number of Topliss-reactive ketones (excluding diaryl/α,β-unsaturated/α-hetero) is 1. The zero-order valence-electron chi connectivity index (χ0n) is 13.7. The molecule has 0 unspecified atom stereocenters. The van der Waals surface area contributed by atoms with Crippen LogP contribution in [0.1, 0.15) is 37.6 Å². The van der Waals surface area contributed by atoms with Crippen LogP contribution in [0.25, 0.3) is 0 Å². The lowest BCUT2D eigenvalue weighted by Gasteiger charge is -2.10. The summed E-state index contributed by atoms with van der Waals surface area (Å²) in [5.41, 5.74) is 1.30. The fourth-order valence-electron chi connectivity index (χ4n) is 1.73. The van der Waals surface area contributed by atoms with Gasteiger partial charge in [0.15, 0.2) is 14.5 Å². The molecule has 128 valence electrons. The maximum absolute atomic E-state index is 12.3. The van der Waals surface area contributed by atoms with Crippen molar-refractivity contribution in [2.75, 3.05) is 11.1 Å². The van der Waals surface area contributed by atoms with Crippen LogP contribution in [-0.4, -0.2) is 32.9 Å². The van der Waals surface area contributed by atoms with E-state index < -0.39 is 0 Å². The molecule has 8 heteroatoms. The fourth-order valence-corrected chi connectivity index (χ4v) is 4.82. The zero-order valence-corrected chi connectivity index (χ0v) is 16.2. The number of hydrogen-bond acceptors (Lipinski definition) is 7. The minimum Gasteiger partial charge on any atom is -0.325 e. The van der Waals surface area contributed by atoms with E-state index in [-0.39, 0.29) is 16.9 Å². The minimum absolute atomic E-state index is 0.00446. The van der Waals surface area contributed by atoms with Crippen molar-refractivity contribution in [1.82, 2.24) is 10.2 Å². The summed E-state index contributed by atoms with van der Waals surface area (Å²) in [6, 6.07) is 6.88. The second-order valence-corrected chi connectivity index (χ2v) is 8.97. The van der Waals surface area contributed by atoms with Crippen LogP contribution in [0.5, 0.6) is 0 Å². The molecule has 0 bridgehead atoms. The number of carbonyl (C=O) groups excluding carboxylic acids is 2. The second kappa shape index (κ2) is 9.19. The number of anilines is 1. The molecule has 24 heavy (non-hydrogen) atoms. The molecule has 0 fully saturated rings. The number of ketones is 1. The first-order chi connectivity index (χ1) is 11.5. The van der Waals surface area contributed by atoms with Crippen LogP contribution in [0.3, 0.4) is 0 Å². The van der Waals surface area contributed by atoms with E-state index in [4.69, 9.17) is 0 Å². The molecule has 0 aliphatic heterocycles. The number of hydrogen-bond donors (Lipinski definition) is 1. The first-order valence-electron chi connectivity index (χ1n) is 7.54. The van der Waals surface area contributed by atoms with E-state index in [1.54, 1.807) is 36.0 Å². The van der Waals surface area contributed by atoms with Crippen molar-refractivity contribution in [3.05, 3.63) is 29.8 Å². The highest BCUT2D eigenvalue weighted by molar-refractivity contribution is 8.03. The van der Waals surface area contributed by atoms with Crippen LogP contribution < -0.4 is 5.32 Å². The van der Waals surface area contributed by atoms with Crippen molar-refractivity contribution in [1.29, 1.82) is 0 Å². The minimum atomic E-state index is -0.283. The van der Waals surface area contributed by atoms with Gasteiger partial charge < -0.3 is 5.32 Å². The van der Waals surface area contributed by atoms with Crippen LogP contribution in [0, 0.1) is 0 Å². The standard InChI is InChI=1S/C16H19N3O2S3/c1-4-9-22-15-18-19-16(24-15)23-11(3)14(21)17-13-7-5-12(6-8-13)10(2)20/h5-8,11H,4,9H2,1-3H3,(H,17,21)/t11-/m0/s1. The molecular weight excluding hydrogens is 362 g/mol. The third-order valence-corrected chi connectivity index (χ3v) is 6.47. The molecule has 2 rings (SSSR count). The molecular formula is C16H19N3O2S3. The first kappa shape index (κ1) is 19.0. The molecule has 2 aromatic rings. The largest absolute Gasteiger partial charge is 0.325 e. The number of carbonyl (C=O) groups is 2. The number of nitrogens with zero attached hydrogens (tertiary/aromatic N) is 2. The normalized spacial score (nSPS) is 12.0. The van der Waals surface area contributed by atoms with Gasteiger partial charge in [-0.15, -0.1) is 10.2 Å². The number of amides is 1. The van der Waals surface area contributed by atoms with E-state index in [0.717, 1.165) is 20.9 Å². The van der Waals surface area contributed by atoms with Crippen molar-refractivity contribution >= 4 is 52.2 Å². The maximum Gasteiger partial charge on any atom is 0.237 e. The van der Waals surface area contributed by atoms with Gasteiger partial charge in [0.05, 0.1) is 5.25 Å². The molecule has 1 amide bonds. The van der Waals surface area contributed by atoms with Crippen molar-refractivity contribution in [3.63, 3.8) is 0 Å². The van der Waals surface area contributed by atoms with Crippen LogP contribution in [0.2, 0.25) is 0 Å². The highest BCUT2D eigenvalue weighted by atomic mass is 32.2. The molecule has 0 aliphatic rings. The number of nitrogens with one attached hydrogen (secondary N) is 1. The quantitative estimate of drug-likeness (QED) is 0.541. The average Bonchev–Trinajstić information content (AvgIpc) is 3.00. The van der Waals surface area contributed by atoms with Gasteiger partial charge in [0.1, 0.15) is 0 Å². The molecule has 0 saturated carbocycles. The molecule has 0 radical (unpaired) electrons. The van der Waals surface area contributed by atoms with Crippen LogP contribution in [-0.2, 0) is 4.79 Å². The zero-order chi connectivity index (χ0) is 17.5. The second-order valence-electron chi connectivity index (χ2n) is 5.07. The molecule has 0 aliphatic carbocycles. The Hall–Kier alpha value is -1.38. The Morgan fingerprint density at radius 1 is 1.21 bits per heavy atom. The lowest BCUT2D eigenvalue weighted by atomic mass is 10.1. The van der Waals surface area contributed by atoms with Gasteiger partial charge in [-0.3, -0.25) is 9.59 Å². The lowest BCUT2D eigenvalue weighted by Crippen LogP contribution is -2.22. The first-order valence-corrected chi connectivity index (χ1v) is 10.2. The van der Waals surface area contributed by atoms with Gasteiger partial charge in [-0.25, -0.2) is 0 Å². The molecule has 1 heterocycles. The third-order valence-electron chi connectivity index (χ3n) is 3.02. The van der Waals surface area contributed by atoms with E-state index in [1.807, 2.05) is 6.92 Å². The van der Waals surface area contributed by atoms with Crippen LogP contribution in [0.4, 0.5) is 5.69 Å². The molecule has 0 spiro atoms. The lowest BCUT2D eigenvalue weighted by molar-refractivity contribution is -0.115. The molecule has 1 N–H and O–H groups in total. The van der Waals surface area contributed by atoms with Gasteiger partial charge in [-0.05, 0) is 44.5 Å². The van der Waals surface area contributed by atoms with Gasteiger partial charge in [0.2, 0.25) is 5.91 Å². The smallest absolute Gasteiger partial charge is 0.237 e. The Kier molecular flexibility index (Phi) is 7.26. The number of benzene rings is 1. The molecule has 0 saturated heterocycles.